The molecule has 1 aliphatic rings. The molecule has 0 fully saturated rings. The Bertz CT molecular complexity index is 1050. The number of anilines is 1. The van der Waals surface area contributed by atoms with Crippen molar-refractivity contribution in [2.75, 3.05) is 18.5 Å². The third kappa shape index (κ3) is 8.55. The Morgan fingerprint density at radius 2 is 1.46 bits per heavy atom. The third-order valence-electron chi connectivity index (χ3n) is 5.17. The quantitative estimate of drug-likeness (QED) is 0.323. The summed E-state index contributed by atoms with van der Waals surface area (Å²) in [6, 6.07) is 0. The highest BCUT2D eigenvalue weighted by Gasteiger charge is 2.43. The van der Waals surface area contributed by atoms with Gasteiger partial charge in [0.2, 0.25) is 6.10 Å². The van der Waals surface area contributed by atoms with Crippen LogP contribution in [0.5, 0.6) is 0 Å². The van der Waals surface area contributed by atoms with Crippen molar-refractivity contribution in [3.05, 3.63) is 16.0 Å². The maximum absolute atomic E-state index is 13.5. The van der Waals surface area contributed by atoms with E-state index in [2.05, 4.69) is 5.32 Å². The molecule has 1 N–H and O–H groups in total. The second kappa shape index (κ2) is 13.7. The van der Waals surface area contributed by atoms with Crippen LogP contribution in [0.2, 0.25) is 0 Å². The van der Waals surface area contributed by atoms with Crippen LogP contribution in [0.25, 0.3) is 0 Å². The van der Waals surface area contributed by atoms with Gasteiger partial charge in [-0.25, -0.2) is 4.79 Å². The molecule has 13 heteroatoms. The number of aryl methyl sites for hydroxylation is 1. The van der Waals surface area contributed by atoms with E-state index in [-0.39, 0.29) is 17.2 Å². The minimum atomic E-state index is -1.82. The molecule has 0 aliphatic heterocycles. The summed E-state index contributed by atoms with van der Waals surface area (Å²) >= 11 is 1.20. The van der Waals surface area contributed by atoms with Crippen LogP contribution in [-0.2, 0) is 60.5 Å². The van der Waals surface area contributed by atoms with Crippen molar-refractivity contribution < 1.29 is 52.5 Å². The second-order valence-corrected chi connectivity index (χ2v) is 9.28. The van der Waals surface area contributed by atoms with E-state index in [1.54, 1.807) is 6.92 Å². The number of amides is 1. The van der Waals surface area contributed by atoms with E-state index in [0.29, 0.717) is 6.42 Å². The van der Waals surface area contributed by atoms with Crippen LogP contribution < -0.4 is 5.32 Å². The highest BCUT2D eigenvalue weighted by molar-refractivity contribution is 7.17. The molecule has 37 heavy (non-hydrogen) atoms. The minimum Gasteiger partial charge on any atom is -0.462 e. The fraction of sp³-hybridized carbons (Fsp3) is 0.583. The molecule has 0 radical (unpaired) electrons. The fourth-order valence-corrected chi connectivity index (χ4v) is 5.12. The number of hydrogen-bond acceptors (Lipinski definition) is 12. The van der Waals surface area contributed by atoms with E-state index in [1.165, 1.54) is 11.3 Å². The van der Waals surface area contributed by atoms with Crippen LogP contribution in [0.15, 0.2) is 0 Å². The van der Waals surface area contributed by atoms with E-state index in [1.807, 2.05) is 0 Å². The summed E-state index contributed by atoms with van der Waals surface area (Å²) in [4.78, 5) is 74.1. The average molecular weight is 542 g/mol. The molecule has 0 saturated heterocycles. The van der Waals surface area contributed by atoms with E-state index < -0.39 is 60.7 Å². The summed E-state index contributed by atoms with van der Waals surface area (Å²) in [6.07, 6.45) is -1.83. The zero-order valence-corrected chi connectivity index (χ0v) is 22.2. The summed E-state index contributed by atoms with van der Waals surface area (Å²) < 4.78 is 25.7. The number of hydrogen-bond donors (Lipinski definition) is 1. The number of nitrogens with one attached hydrogen (secondary N) is 1. The highest BCUT2D eigenvalue weighted by Crippen LogP contribution is 2.39. The lowest BCUT2D eigenvalue weighted by Gasteiger charge is -2.30. The van der Waals surface area contributed by atoms with Crippen LogP contribution in [0.4, 0.5) is 5.00 Å². The summed E-state index contributed by atoms with van der Waals surface area (Å²) in [5, 5.41) is 2.79. The minimum absolute atomic E-state index is 0.127. The monoisotopic (exact) mass is 541 g/mol. The average Bonchev–Trinajstić information content (AvgIpc) is 3.16. The van der Waals surface area contributed by atoms with Crippen LogP contribution >= 0.6 is 11.3 Å². The third-order valence-corrected chi connectivity index (χ3v) is 6.38. The molecule has 12 nitrogen and oxygen atoms in total. The predicted molar refractivity (Wildman–Crippen MR) is 129 cm³/mol. The maximum Gasteiger partial charge on any atom is 0.341 e. The van der Waals surface area contributed by atoms with Gasteiger partial charge >= 0.3 is 29.8 Å². The maximum atomic E-state index is 13.5. The van der Waals surface area contributed by atoms with Crippen molar-refractivity contribution in [3.63, 3.8) is 0 Å². The topological polar surface area (TPSA) is 161 Å². The van der Waals surface area contributed by atoms with Gasteiger partial charge in [0.1, 0.15) is 11.6 Å². The first-order chi connectivity index (χ1) is 17.4. The number of esters is 5. The second-order valence-electron chi connectivity index (χ2n) is 8.18. The Hall–Kier alpha value is -3.48. The Balaban J connectivity index is 2.49. The van der Waals surface area contributed by atoms with Gasteiger partial charge in [0.15, 0.2) is 12.2 Å². The van der Waals surface area contributed by atoms with Crippen molar-refractivity contribution in [2.45, 2.75) is 78.6 Å². The fourth-order valence-electron chi connectivity index (χ4n) is 3.84. The summed E-state index contributed by atoms with van der Waals surface area (Å²) in [6.45, 7) is 5.45. The number of fused-ring (bicyclic) bond motifs is 1. The Labute approximate surface area is 217 Å². The Morgan fingerprint density at radius 3 is 2.03 bits per heavy atom. The normalized spacial score (nSPS) is 14.7. The number of rotatable bonds is 11. The lowest BCUT2D eigenvalue weighted by atomic mass is 9.95. The van der Waals surface area contributed by atoms with Gasteiger partial charge in [0, 0.05) is 32.6 Å². The van der Waals surface area contributed by atoms with Gasteiger partial charge in [-0.3, -0.25) is 24.0 Å². The molecule has 0 spiro atoms. The molecule has 0 aromatic carbocycles. The van der Waals surface area contributed by atoms with Crippen molar-refractivity contribution in [1.29, 1.82) is 0 Å². The summed E-state index contributed by atoms with van der Waals surface area (Å²) in [7, 11) is 0. The molecule has 1 amide bonds. The van der Waals surface area contributed by atoms with Crippen LogP contribution in [-0.4, -0.2) is 67.3 Å². The van der Waals surface area contributed by atoms with E-state index in [9.17, 15) is 28.8 Å². The molecular formula is C24H31NO11S. The summed E-state index contributed by atoms with van der Waals surface area (Å²) in [5.41, 5.74) is 1.01. The smallest absolute Gasteiger partial charge is 0.341 e. The molecule has 0 saturated carbocycles. The highest BCUT2D eigenvalue weighted by atomic mass is 32.1. The number of thiophene rings is 1. The van der Waals surface area contributed by atoms with Gasteiger partial charge in [-0.15, -0.1) is 11.3 Å². The van der Waals surface area contributed by atoms with E-state index >= 15 is 0 Å². The van der Waals surface area contributed by atoms with Crippen LogP contribution in [0.1, 0.15) is 68.3 Å². The largest absolute Gasteiger partial charge is 0.462 e. The molecule has 1 aromatic rings. The van der Waals surface area contributed by atoms with Crippen LogP contribution in [0, 0.1) is 0 Å². The number of carbonyl (C=O) groups excluding carboxylic acids is 6. The van der Waals surface area contributed by atoms with E-state index in [4.69, 9.17) is 23.7 Å². The molecule has 1 heterocycles. The molecular weight excluding hydrogens is 510 g/mol. The zero-order valence-electron chi connectivity index (χ0n) is 21.4. The van der Waals surface area contributed by atoms with Gasteiger partial charge in [-0.05, 0) is 38.2 Å². The van der Waals surface area contributed by atoms with Gasteiger partial charge in [0.05, 0.1) is 12.2 Å². The number of ether oxygens (including phenoxy) is 5. The van der Waals surface area contributed by atoms with E-state index in [0.717, 1.165) is 57.4 Å². The predicted octanol–water partition coefficient (Wildman–Crippen LogP) is 2.10. The van der Waals surface area contributed by atoms with Crippen molar-refractivity contribution in [1.82, 2.24) is 0 Å². The first kappa shape index (κ1) is 29.7. The van der Waals surface area contributed by atoms with Gasteiger partial charge < -0.3 is 29.0 Å². The van der Waals surface area contributed by atoms with Crippen molar-refractivity contribution in [2.24, 2.45) is 0 Å². The molecule has 1 aliphatic carbocycles. The lowest BCUT2D eigenvalue weighted by molar-refractivity contribution is -0.190. The first-order valence-corrected chi connectivity index (χ1v) is 12.5. The number of carbonyl (C=O) groups is 6. The molecule has 0 unspecified atom stereocenters. The van der Waals surface area contributed by atoms with Gasteiger partial charge in [0.25, 0.3) is 5.91 Å². The lowest BCUT2D eigenvalue weighted by Crippen LogP contribution is -2.52. The first-order valence-electron chi connectivity index (χ1n) is 11.7. The van der Waals surface area contributed by atoms with Gasteiger partial charge in [-0.1, -0.05) is 0 Å². The van der Waals surface area contributed by atoms with Gasteiger partial charge in [-0.2, -0.15) is 0 Å². The van der Waals surface area contributed by atoms with Crippen LogP contribution in [0.3, 0.4) is 0 Å². The summed E-state index contributed by atoms with van der Waals surface area (Å²) in [5.74, 6) is -4.89. The Kier molecular flexibility index (Phi) is 11.0. The standard InChI is InChI=1S/C24H31NO11S/c1-6-32-24(31)19-16-9-7-8-10-18(16)37-23(19)25-22(30)21(36-15(5)29)20(35-14(4)28)17(34-13(3)27)11-33-12(2)26/h17,20-21H,6-11H2,1-5H3,(H,25,30)/t17-,20+,21+/m0/s1. The Morgan fingerprint density at radius 1 is 0.838 bits per heavy atom. The molecule has 0 bridgehead atoms. The molecule has 204 valence electrons. The zero-order chi connectivity index (χ0) is 27.7. The molecule has 2 rings (SSSR count). The van der Waals surface area contributed by atoms with Crippen molar-refractivity contribution in [3.8, 4) is 0 Å². The SMILES string of the molecule is CCOC(=O)c1c(NC(=O)[C@H](OC(C)=O)[C@H](OC(C)=O)[C@H](COC(C)=O)OC(C)=O)sc2c1CCCC2. The molecule has 3 atom stereocenters. The molecule has 1 aromatic heterocycles. The van der Waals surface area contributed by atoms with Crippen molar-refractivity contribution >= 4 is 52.1 Å².